The first-order valence-corrected chi connectivity index (χ1v) is 30.2. The van der Waals surface area contributed by atoms with Crippen molar-refractivity contribution in [3.8, 4) is 0 Å². The molecule has 1 aliphatic rings. The van der Waals surface area contributed by atoms with E-state index in [1.54, 1.807) is 0 Å². The summed E-state index contributed by atoms with van der Waals surface area (Å²) in [5.74, 6) is -3.26. The van der Waals surface area contributed by atoms with Crippen LogP contribution in [0.4, 0.5) is 0 Å². The van der Waals surface area contributed by atoms with Crippen molar-refractivity contribution in [2.75, 3.05) is 13.2 Å². The summed E-state index contributed by atoms with van der Waals surface area (Å²) in [5, 5.41) is 31.5. The van der Waals surface area contributed by atoms with Gasteiger partial charge in [0.2, 0.25) is 0 Å². The predicted molar refractivity (Wildman–Crippen MR) is 312 cm³/mol. The summed E-state index contributed by atoms with van der Waals surface area (Å²) in [6.07, 6.45) is 56.7. The Morgan fingerprint density at radius 2 is 0.844 bits per heavy atom. The summed E-state index contributed by atoms with van der Waals surface area (Å²) in [4.78, 5) is 51.1. The van der Waals surface area contributed by atoms with Gasteiger partial charge >= 0.3 is 23.9 Å². The molecule has 1 aliphatic heterocycles. The molecule has 12 heteroatoms. The number of hydrogen-bond acceptors (Lipinski definition) is 11. The van der Waals surface area contributed by atoms with E-state index < -0.39 is 67.3 Å². The maximum Gasteiger partial charge on any atom is 0.335 e. The van der Waals surface area contributed by atoms with Crippen LogP contribution in [0.1, 0.15) is 239 Å². The Labute approximate surface area is 466 Å². The van der Waals surface area contributed by atoms with E-state index in [4.69, 9.17) is 23.7 Å². The molecule has 0 amide bonds. The van der Waals surface area contributed by atoms with Crippen molar-refractivity contribution in [1.82, 2.24) is 0 Å². The number of carboxylic acid groups (broad SMARTS) is 1. The highest BCUT2D eigenvalue weighted by Crippen LogP contribution is 2.26. The van der Waals surface area contributed by atoms with Gasteiger partial charge in [0.05, 0.1) is 6.61 Å². The number of ether oxygens (including phenoxy) is 5. The summed E-state index contributed by atoms with van der Waals surface area (Å²) < 4.78 is 28.3. The van der Waals surface area contributed by atoms with Crippen molar-refractivity contribution in [3.63, 3.8) is 0 Å². The summed E-state index contributed by atoms with van der Waals surface area (Å²) in [6, 6.07) is 0. The SMILES string of the molecule is CC/C=C\C/C=C\C/C=C\C/C=C\CCC(=O)OC(COC(=O)CCCCCCC/C=C\C/C=C\CCCCC)COC1OC(C(=O)O)C(O)C(O)C1OC(=O)CCCCCCCCCCC/C=C\C/C=C\CCCCC. The van der Waals surface area contributed by atoms with Gasteiger partial charge in [-0.2, -0.15) is 0 Å². The molecule has 0 bridgehead atoms. The Balaban J connectivity index is 2.71. The smallest absolute Gasteiger partial charge is 0.335 e. The highest BCUT2D eigenvalue weighted by molar-refractivity contribution is 5.74. The summed E-state index contributed by atoms with van der Waals surface area (Å²) in [7, 11) is 0. The molecule has 1 heterocycles. The molecular weight excluding hydrogens is 973 g/mol. The standard InChI is InChI=1S/C65H106O12/c1-4-7-10-13-16-19-22-25-27-28-29-30-32-35-38-41-44-47-50-53-59(68)76-63-61(70)60(69)62(64(71)72)77-65(63)74-55-56(75-58(67)52-49-46-43-40-37-33-24-21-18-15-12-9-6-3)54-73-57(66)51-48-45-42-39-36-34-31-26-23-20-17-14-11-8-5-2/h9,12,16-21,25-27,31,33,37,43,46,56,60-63,65,69-70H,4-8,10-11,13-15,22-24,28-30,32,34-36,38-42,44-45,47-55H2,1-3H3,(H,71,72)/b12-9-,19-16-,20-17-,21-18-,27-25-,31-26-,37-33-,46-43-. The predicted octanol–water partition coefficient (Wildman–Crippen LogP) is 15.7. The van der Waals surface area contributed by atoms with E-state index in [0.29, 0.717) is 25.7 Å². The Bertz CT molecular complexity index is 1710. The van der Waals surface area contributed by atoms with Crippen LogP contribution in [-0.4, -0.2) is 89.2 Å². The lowest BCUT2D eigenvalue weighted by molar-refractivity contribution is -0.301. The minimum atomic E-state index is -1.92. The molecule has 1 rings (SSSR count). The van der Waals surface area contributed by atoms with Crippen molar-refractivity contribution in [2.24, 2.45) is 0 Å². The molecule has 6 atom stereocenters. The van der Waals surface area contributed by atoms with E-state index in [1.807, 2.05) is 12.2 Å². The monoisotopic (exact) mass is 1080 g/mol. The topological polar surface area (TPSA) is 175 Å². The number of rotatable bonds is 50. The minimum Gasteiger partial charge on any atom is -0.479 e. The number of carboxylic acids is 1. The average Bonchev–Trinajstić information content (AvgIpc) is 3.42. The van der Waals surface area contributed by atoms with Gasteiger partial charge in [-0.25, -0.2) is 4.79 Å². The number of carbonyl (C=O) groups excluding carboxylic acids is 3. The van der Waals surface area contributed by atoms with Crippen LogP contribution in [0.2, 0.25) is 0 Å². The van der Waals surface area contributed by atoms with Crippen LogP contribution in [0.15, 0.2) is 97.2 Å². The zero-order valence-corrected chi connectivity index (χ0v) is 48.2. The molecule has 0 spiro atoms. The van der Waals surface area contributed by atoms with E-state index in [1.165, 1.54) is 70.6 Å². The molecule has 438 valence electrons. The fraction of sp³-hybridized carbons (Fsp3) is 0.692. The molecule has 0 aromatic carbocycles. The minimum absolute atomic E-state index is 0.0345. The van der Waals surface area contributed by atoms with Gasteiger partial charge < -0.3 is 39.0 Å². The van der Waals surface area contributed by atoms with Gasteiger partial charge in [0.25, 0.3) is 0 Å². The number of carbonyl (C=O) groups is 4. The second-order valence-electron chi connectivity index (χ2n) is 20.2. The molecule has 0 aromatic heterocycles. The third-order valence-electron chi connectivity index (χ3n) is 13.1. The van der Waals surface area contributed by atoms with E-state index in [-0.39, 0.29) is 25.9 Å². The van der Waals surface area contributed by atoms with Crippen LogP contribution in [0, 0.1) is 0 Å². The molecule has 0 radical (unpaired) electrons. The van der Waals surface area contributed by atoms with Crippen LogP contribution in [0.5, 0.6) is 0 Å². The van der Waals surface area contributed by atoms with Crippen molar-refractivity contribution in [2.45, 2.75) is 276 Å². The van der Waals surface area contributed by atoms with Gasteiger partial charge in [0, 0.05) is 19.3 Å². The number of hydrogen-bond donors (Lipinski definition) is 3. The van der Waals surface area contributed by atoms with Crippen molar-refractivity contribution < 1.29 is 58.2 Å². The largest absolute Gasteiger partial charge is 0.479 e. The molecule has 0 saturated carbocycles. The van der Waals surface area contributed by atoms with Crippen molar-refractivity contribution in [1.29, 1.82) is 0 Å². The highest BCUT2D eigenvalue weighted by Gasteiger charge is 2.50. The van der Waals surface area contributed by atoms with E-state index in [0.717, 1.165) is 103 Å². The van der Waals surface area contributed by atoms with Gasteiger partial charge in [-0.15, -0.1) is 0 Å². The van der Waals surface area contributed by atoms with Gasteiger partial charge in [0.1, 0.15) is 18.8 Å². The number of aliphatic hydroxyl groups is 2. The zero-order valence-electron chi connectivity index (χ0n) is 48.2. The summed E-state index contributed by atoms with van der Waals surface area (Å²) >= 11 is 0. The molecular formula is C65H106O12. The molecule has 6 unspecified atom stereocenters. The van der Waals surface area contributed by atoms with Crippen LogP contribution >= 0.6 is 0 Å². The lowest BCUT2D eigenvalue weighted by Crippen LogP contribution is -2.61. The fourth-order valence-electron chi connectivity index (χ4n) is 8.50. The summed E-state index contributed by atoms with van der Waals surface area (Å²) in [5.41, 5.74) is 0. The fourth-order valence-corrected chi connectivity index (χ4v) is 8.50. The van der Waals surface area contributed by atoms with Crippen molar-refractivity contribution in [3.05, 3.63) is 97.2 Å². The van der Waals surface area contributed by atoms with Gasteiger partial charge in [-0.1, -0.05) is 208 Å². The van der Waals surface area contributed by atoms with Gasteiger partial charge in [0.15, 0.2) is 24.6 Å². The number of aliphatic hydroxyl groups excluding tert-OH is 2. The second kappa shape index (κ2) is 52.3. The maximum absolute atomic E-state index is 13.1. The molecule has 0 aliphatic carbocycles. The second-order valence-corrected chi connectivity index (χ2v) is 20.2. The Morgan fingerprint density at radius 1 is 0.442 bits per heavy atom. The highest BCUT2D eigenvalue weighted by atomic mass is 16.7. The third-order valence-corrected chi connectivity index (χ3v) is 13.1. The van der Waals surface area contributed by atoms with Crippen LogP contribution in [0.25, 0.3) is 0 Å². The summed E-state index contributed by atoms with van der Waals surface area (Å²) in [6.45, 7) is 5.75. The van der Waals surface area contributed by atoms with E-state index in [2.05, 4.69) is 106 Å². The first-order valence-electron chi connectivity index (χ1n) is 30.2. The normalized spacial score (nSPS) is 18.7. The lowest BCUT2D eigenvalue weighted by atomic mass is 9.98. The Kier molecular flexibility index (Phi) is 48.0. The van der Waals surface area contributed by atoms with Crippen LogP contribution in [-0.2, 0) is 42.9 Å². The van der Waals surface area contributed by atoms with E-state index in [9.17, 15) is 34.5 Å². The number of allylic oxidation sites excluding steroid dienone is 16. The van der Waals surface area contributed by atoms with E-state index >= 15 is 0 Å². The Morgan fingerprint density at radius 3 is 1.30 bits per heavy atom. The zero-order chi connectivity index (χ0) is 56.1. The first kappa shape index (κ1) is 70.7. The number of aliphatic carboxylic acids is 1. The molecule has 1 saturated heterocycles. The third kappa shape index (κ3) is 42.3. The van der Waals surface area contributed by atoms with Crippen LogP contribution < -0.4 is 0 Å². The maximum atomic E-state index is 13.1. The average molecular weight is 1080 g/mol. The van der Waals surface area contributed by atoms with Crippen LogP contribution in [0.3, 0.4) is 0 Å². The van der Waals surface area contributed by atoms with Crippen molar-refractivity contribution >= 4 is 23.9 Å². The number of esters is 3. The number of unbranched alkanes of at least 4 members (excludes halogenated alkanes) is 20. The quantitative estimate of drug-likeness (QED) is 0.0228. The molecule has 12 nitrogen and oxygen atoms in total. The molecule has 1 fully saturated rings. The molecule has 77 heavy (non-hydrogen) atoms. The Hall–Kier alpha value is -4.36. The van der Waals surface area contributed by atoms with Gasteiger partial charge in [-0.3, -0.25) is 14.4 Å². The lowest BCUT2D eigenvalue weighted by Gasteiger charge is -2.40. The molecule has 3 N–H and O–H groups in total. The first-order chi connectivity index (χ1) is 37.6. The molecule has 0 aromatic rings. The van der Waals surface area contributed by atoms with Gasteiger partial charge in [-0.05, 0) is 109 Å².